The lowest BCUT2D eigenvalue weighted by atomic mass is 10.4. The molecule has 0 aliphatic carbocycles. The first-order valence-electron chi connectivity index (χ1n) is 2.73. The van der Waals surface area contributed by atoms with Crippen LogP contribution in [-0.4, -0.2) is 18.0 Å². The van der Waals surface area contributed by atoms with Gasteiger partial charge >= 0.3 is 0 Å². The molecule has 0 aliphatic heterocycles. The Balaban J connectivity index is 3.26. The fourth-order valence-corrected chi connectivity index (χ4v) is 0.296. The molecule has 0 aromatic heterocycles. The van der Waals surface area contributed by atoms with E-state index < -0.39 is 6.29 Å². The minimum atomic E-state index is -0.860. The Morgan fingerprint density at radius 3 is 2.78 bits per heavy atom. The van der Waals surface area contributed by atoms with Gasteiger partial charge in [-0.25, -0.2) is 0 Å². The second-order valence-corrected chi connectivity index (χ2v) is 1.89. The summed E-state index contributed by atoms with van der Waals surface area (Å²) in [6.45, 7) is 9.14. The van der Waals surface area contributed by atoms with Crippen molar-refractivity contribution in [2.24, 2.45) is 0 Å². The summed E-state index contributed by atoms with van der Waals surface area (Å²) in [5, 5.41) is 8.73. The second kappa shape index (κ2) is 4.30. The summed E-state index contributed by atoms with van der Waals surface area (Å²) in [4.78, 5) is 0. The van der Waals surface area contributed by atoms with Crippen molar-refractivity contribution in [3.8, 4) is 0 Å². The molecule has 0 spiro atoms. The van der Waals surface area contributed by atoms with E-state index in [4.69, 9.17) is 9.84 Å². The van der Waals surface area contributed by atoms with Crippen LogP contribution in [-0.2, 0) is 4.74 Å². The maximum absolute atomic E-state index is 8.73. The first-order valence-corrected chi connectivity index (χ1v) is 2.73. The van der Waals surface area contributed by atoms with E-state index >= 15 is 0 Å². The van der Waals surface area contributed by atoms with Crippen molar-refractivity contribution in [1.82, 2.24) is 0 Å². The van der Waals surface area contributed by atoms with Crippen molar-refractivity contribution in [3.63, 3.8) is 0 Å². The topological polar surface area (TPSA) is 29.5 Å². The quantitative estimate of drug-likeness (QED) is 0.453. The molecule has 1 atom stereocenters. The third-order valence-electron chi connectivity index (χ3n) is 0.702. The average Bonchev–Trinajstić information content (AvgIpc) is 1.83. The SMILES string of the molecule is C=CC(O)OCC(=C)C. The molecule has 0 saturated carbocycles. The smallest absolute Gasteiger partial charge is 0.174 e. The summed E-state index contributed by atoms with van der Waals surface area (Å²) in [7, 11) is 0. The van der Waals surface area contributed by atoms with E-state index in [0.29, 0.717) is 6.61 Å². The highest BCUT2D eigenvalue weighted by molar-refractivity contribution is 4.88. The molecular formula is C7H12O2. The molecule has 0 aromatic rings. The molecule has 0 bridgehead atoms. The van der Waals surface area contributed by atoms with Crippen LogP contribution in [0.25, 0.3) is 0 Å². The first kappa shape index (κ1) is 8.40. The fraction of sp³-hybridized carbons (Fsp3) is 0.429. The normalized spacial score (nSPS) is 12.7. The molecule has 1 unspecified atom stereocenters. The summed E-state index contributed by atoms with van der Waals surface area (Å²) >= 11 is 0. The molecule has 0 saturated heterocycles. The summed E-state index contributed by atoms with van der Waals surface area (Å²) < 4.78 is 4.79. The van der Waals surface area contributed by atoms with Gasteiger partial charge < -0.3 is 9.84 Å². The molecule has 0 amide bonds. The summed E-state index contributed by atoms with van der Waals surface area (Å²) in [5.74, 6) is 0. The highest BCUT2D eigenvalue weighted by atomic mass is 16.6. The van der Waals surface area contributed by atoms with Gasteiger partial charge in [0.05, 0.1) is 6.61 Å². The zero-order valence-corrected chi connectivity index (χ0v) is 5.63. The van der Waals surface area contributed by atoms with Gasteiger partial charge in [-0.3, -0.25) is 0 Å². The van der Waals surface area contributed by atoms with E-state index in [9.17, 15) is 0 Å². The molecule has 1 N–H and O–H groups in total. The van der Waals surface area contributed by atoms with E-state index in [0.717, 1.165) is 5.57 Å². The number of hydrogen-bond donors (Lipinski definition) is 1. The lowest BCUT2D eigenvalue weighted by Crippen LogP contribution is -2.08. The van der Waals surface area contributed by atoms with E-state index in [1.54, 1.807) is 0 Å². The van der Waals surface area contributed by atoms with E-state index in [-0.39, 0.29) is 0 Å². The van der Waals surface area contributed by atoms with Crippen LogP contribution in [0, 0.1) is 0 Å². The number of ether oxygens (including phenoxy) is 1. The van der Waals surface area contributed by atoms with Gasteiger partial charge in [0.1, 0.15) is 0 Å². The van der Waals surface area contributed by atoms with Gasteiger partial charge in [-0.2, -0.15) is 0 Å². The predicted octanol–water partition coefficient (Wildman–Crippen LogP) is 1.08. The Hall–Kier alpha value is -0.600. The largest absolute Gasteiger partial charge is 0.365 e. The highest BCUT2D eigenvalue weighted by Crippen LogP contribution is 1.92. The van der Waals surface area contributed by atoms with Crippen LogP contribution in [0.15, 0.2) is 24.8 Å². The minimum Gasteiger partial charge on any atom is -0.365 e. The molecular weight excluding hydrogens is 116 g/mol. The second-order valence-electron chi connectivity index (χ2n) is 1.89. The average molecular weight is 128 g/mol. The summed E-state index contributed by atoms with van der Waals surface area (Å²) in [6.07, 6.45) is 0.463. The number of aliphatic hydroxyl groups is 1. The van der Waals surface area contributed by atoms with Gasteiger partial charge in [0.15, 0.2) is 6.29 Å². The maximum Gasteiger partial charge on any atom is 0.174 e. The molecule has 0 radical (unpaired) electrons. The molecule has 2 heteroatoms. The number of hydrogen-bond acceptors (Lipinski definition) is 2. The maximum atomic E-state index is 8.73. The van der Waals surface area contributed by atoms with Crippen molar-refractivity contribution >= 4 is 0 Å². The fourth-order valence-electron chi connectivity index (χ4n) is 0.296. The monoisotopic (exact) mass is 128 g/mol. The van der Waals surface area contributed by atoms with Gasteiger partial charge in [0.2, 0.25) is 0 Å². The highest BCUT2D eigenvalue weighted by Gasteiger charge is 1.94. The van der Waals surface area contributed by atoms with Crippen molar-refractivity contribution < 1.29 is 9.84 Å². The van der Waals surface area contributed by atoms with Gasteiger partial charge in [-0.1, -0.05) is 18.7 Å². The van der Waals surface area contributed by atoms with Gasteiger partial charge in [-0.05, 0) is 13.0 Å². The van der Waals surface area contributed by atoms with Crippen LogP contribution in [0.5, 0.6) is 0 Å². The molecule has 0 aliphatic rings. The van der Waals surface area contributed by atoms with Crippen molar-refractivity contribution in [2.45, 2.75) is 13.2 Å². The van der Waals surface area contributed by atoms with Gasteiger partial charge in [0.25, 0.3) is 0 Å². The lowest BCUT2D eigenvalue weighted by Gasteiger charge is -2.05. The van der Waals surface area contributed by atoms with Crippen molar-refractivity contribution in [3.05, 3.63) is 24.8 Å². The Morgan fingerprint density at radius 1 is 1.89 bits per heavy atom. The zero-order chi connectivity index (χ0) is 7.28. The van der Waals surface area contributed by atoms with Crippen LogP contribution >= 0.6 is 0 Å². The Morgan fingerprint density at radius 2 is 2.44 bits per heavy atom. The van der Waals surface area contributed by atoms with E-state index in [1.807, 2.05) is 6.92 Å². The van der Waals surface area contributed by atoms with Crippen molar-refractivity contribution in [2.75, 3.05) is 6.61 Å². The number of aliphatic hydroxyl groups excluding tert-OH is 1. The third-order valence-corrected chi connectivity index (χ3v) is 0.702. The van der Waals surface area contributed by atoms with Crippen LogP contribution in [0.1, 0.15) is 6.92 Å². The molecule has 0 fully saturated rings. The first-order chi connectivity index (χ1) is 4.16. The molecule has 0 rings (SSSR count). The summed E-state index contributed by atoms with van der Waals surface area (Å²) in [5.41, 5.74) is 0.885. The minimum absolute atomic E-state index is 0.382. The Bertz CT molecular complexity index is 107. The van der Waals surface area contributed by atoms with Crippen LogP contribution in [0.2, 0.25) is 0 Å². The molecule has 9 heavy (non-hydrogen) atoms. The van der Waals surface area contributed by atoms with Gasteiger partial charge in [-0.15, -0.1) is 0 Å². The van der Waals surface area contributed by atoms with Crippen LogP contribution in [0.4, 0.5) is 0 Å². The standard InChI is InChI=1S/C7H12O2/c1-4-7(8)9-5-6(2)3/h4,7-8H,1-2,5H2,3H3. The summed E-state index contributed by atoms with van der Waals surface area (Å²) in [6, 6.07) is 0. The van der Waals surface area contributed by atoms with E-state index in [1.165, 1.54) is 6.08 Å². The molecule has 52 valence electrons. The molecule has 2 nitrogen and oxygen atoms in total. The third kappa shape index (κ3) is 5.27. The van der Waals surface area contributed by atoms with Crippen molar-refractivity contribution in [1.29, 1.82) is 0 Å². The van der Waals surface area contributed by atoms with Crippen LogP contribution in [0.3, 0.4) is 0 Å². The van der Waals surface area contributed by atoms with Crippen LogP contribution < -0.4 is 0 Å². The van der Waals surface area contributed by atoms with E-state index in [2.05, 4.69) is 13.2 Å². The predicted molar refractivity (Wildman–Crippen MR) is 37.0 cm³/mol. The molecule has 0 heterocycles. The zero-order valence-electron chi connectivity index (χ0n) is 5.63. The molecule has 0 aromatic carbocycles. The Kier molecular flexibility index (Phi) is 4.01. The van der Waals surface area contributed by atoms with Gasteiger partial charge in [0, 0.05) is 0 Å². The lowest BCUT2D eigenvalue weighted by molar-refractivity contribution is -0.0543. The Labute approximate surface area is 55.5 Å². The number of rotatable bonds is 4.